The van der Waals surface area contributed by atoms with Crippen LogP contribution < -0.4 is 5.32 Å². The fraction of sp³-hybridized carbons (Fsp3) is 0.923. The average Bonchev–Trinajstić information content (AvgIpc) is 3.11. The van der Waals surface area contributed by atoms with Gasteiger partial charge >= 0.3 is 6.18 Å². The van der Waals surface area contributed by atoms with Crippen LogP contribution >= 0.6 is 0 Å². The molecule has 0 aromatic rings. The molecule has 0 atom stereocenters. The van der Waals surface area contributed by atoms with Gasteiger partial charge in [-0.05, 0) is 38.1 Å². The van der Waals surface area contributed by atoms with Gasteiger partial charge in [-0.15, -0.1) is 0 Å². The molecule has 1 rings (SSSR count). The number of rotatable bonds is 8. The second-order valence-electron chi connectivity index (χ2n) is 5.18. The molecule has 1 aliphatic carbocycles. The van der Waals surface area contributed by atoms with Gasteiger partial charge in [0.2, 0.25) is 5.91 Å². The first kappa shape index (κ1) is 16.3. The van der Waals surface area contributed by atoms with Crippen LogP contribution in [0.1, 0.15) is 39.5 Å². The van der Waals surface area contributed by atoms with Gasteiger partial charge in [-0.2, -0.15) is 13.2 Å². The van der Waals surface area contributed by atoms with Crippen molar-refractivity contribution < 1.29 is 18.0 Å². The van der Waals surface area contributed by atoms with Crippen molar-refractivity contribution in [3.05, 3.63) is 0 Å². The zero-order valence-corrected chi connectivity index (χ0v) is 11.6. The van der Waals surface area contributed by atoms with E-state index in [1.807, 2.05) is 13.8 Å². The van der Waals surface area contributed by atoms with Crippen LogP contribution in [0.4, 0.5) is 13.2 Å². The summed E-state index contributed by atoms with van der Waals surface area (Å²) in [5, 5.41) is 2.96. The predicted molar refractivity (Wildman–Crippen MR) is 67.7 cm³/mol. The molecule has 0 aromatic carbocycles. The first-order chi connectivity index (χ1) is 8.87. The molecule has 1 N–H and O–H groups in total. The lowest BCUT2D eigenvalue weighted by Crippen LogP contribution is -2.48. The Hall–Kier alpha value is -0.780. The Balaban J connectivity index is 2.51. The van der Waals surface area contributed by atoms with E-state index in [0.29, 0.717) is 18.8 Å². The molecule has 0 aliphatic heterocycles. The number of carbonyl (C=O) groups excluding carboxylic acids is 1. The van der Waals surface area contributed by atoms with E-state index in [-0.39, 0.29) is 12.6 Å². The second kappa shape index (κ2) is 7.12. The third-order valence-electron chi connectivity index (χ3n) is 3.46. The summed E-state index contributed by atoms with van der Waals surface area (Å²) in [5.41, 5.74) is 0. The van der Waals surface area contributed by atoms with Gasteiger partial charge in [0.25, 0.3) is 0 Å². The molecule has 1 amide bonds. The summed E-state index contributed by atoms with van der Waals surface area (Å²) in [5.74, 6) is 0.156. The van der Waals surface area contributed by atoms with E-state index in [4.69, 9.17) is 0 Å². The van der Waals surface area contributed by atoms with Crippen molar-refractivity contribution in [1.82, 2.24) is 10.2 Å². The topological polar surface area (TPSA) is 32.3 Å². The quantitative estimate of drug-likeness (QED) is 0.741. The zero-order valence-electron chi connectivity index (χ0n) is 11.6. The molecule has 0 spiro atoms. The molecule has 6 heteroatoms. The van der Waals surface area contributed by atoms with Crippen molar-refractivity contribution in [2.45, 2.75) is 51.7 Å². The Morgan fingerprint density at radius 3 is 2.32 bits per heavy atom. The molecule has 0 unspecified atom stereocenters. The summed E-state index contributed by atoms with van der Waals surface area (Å²) in [7, 11) is 0. The fourth-order valence-corrected chi connectivity index (χ4v) is 2.15. The number of hydrogen-bond acceptors (Lipinski definition) is 2. The molecule has 112 valence electrons. The maximum Gasteiger partial charge on any atom is 0.406 e. The minimum Gasteiger partial charge on any atom is -0.330 e. The molecule has 0 bridgehead atoms. The van der Waals surface area contributed by atoms with Gasteiger partial charge in [-0.3, -0.25) is 4.79 Å². The van der Waals surface area contributed by atoms with Gasteiger partial charge in [0.05, 0.1) is 6.54 Å². The summed E-state index contributed by atoms with van der Waals surface area (Å²) in [6, 6.07) is -0.336. The first-order valence-electron chi connectivity index (χ1n) is 6.94. The molecular formula is C13H23F3N2O. The first-order valence-corrected chi connectivity index (χ1v) is 6.94. The number of amides is 1. The maximum atomic E-state index is 12.5. The Morgan fingerprint density at radius 2 is 1.89 bits per heavy atom. The lowest BCUT2D eigenvalue weighted by atomic mass is 10.1. The van der Waals surface area contributed by atoms with E-state index in [9.17, 15) is 18.0 Å². The third-order valence-corrected chi connectivity index (χ3v) is 3.46. The molecule has 19 heavy (non-hydrogen) atoms. The minimum atomic E-state index is -4.34. The van der Waals surface area contributed by atoms with Gasteiger partial charge < -0.3 is 10.2 Å². The molecule has 1 fully saturated rings. The summed E-state index contributed by atoms with van der Waals surface area (Å²) >= 11 is 0. The summed E-state index contributed by atoms with van der Waals surface area (Å²) in [6.07, 6.45) is -0.948. The van der Waals surface area contributed by atoms with Crippen molar-refractivity contribution >= 4 is 5.91 Å². The standard InChI is InChI=1S/C13H23F3N2O/c1-3-11(4-2)18(9-13(14,15)16)12(19)8-17-7-10-5-6-10/h10-11,17H,3-9H2,1-2H3. The summed E-state index contributed by atoms with van der Waals surface area (Å²) in [6.45, 7) is 3.20. The number of nitrogens with one attached hydrogen (secondary N) is 1. The van der Waals surface area contributed by atoms with Crippen LogP contribution in [-0.2, 0) is 4.79 Å². The third kappa shape index (κ3) is 6.27. The Bertz CT molecular complexity index is 286. The summed E-state index contributed by atoms with van der Waals surface area (Å²) in [4.78, 5) is 12.9. The Labute approximate surface area is 112 Å². The molecule has 3 nitrogen and oxygen atoms in total. The molecule has 1 saturated carbocycles. The largest absolute Gasteiger partial charge is 0.406 e. The number of halogens is 3. The molecule has 0 saturated heterocycles. The van der Waals surface area contributed by atoms with E-state index in [1.165, 1.54) is 0 Å². The average molecular weight is 280 g/mol. The lowest BCUT2D eigenvalue weighted by molar-refractivity contribution is -0.165. The Kier molecular flexibility index (Phi) is 6.10. The smallest absolute Gasteiger partial charge is 0.330 e. The van der Waals surface area contributed by atoms with Crippen molar-refractivity contribution in [2.24, 2.45) is 5.92 Å². The van der Waals surface area contributed by atoms with Gasteiger partial charge in [-0.25, -0.2) is 0 Å². The van der Waals surface area contributed by atoms with Gasteiger partial charge in [0, 0.05) is 6.04 Å². The predicted octanol–water partition coefficient (Wildman–Crippen LogP) is 2.57. The molecular weight excluding hydrogens is 257 g/mol. The molecule has 1 aliphatic rings. The van der Waals surface area contributed by atoms with Crippen LogP contribution in [0.2, 0.25) is 0 Å². The maximum absolute atomic E-state index is 12.5. The number of carbonyl (C=O) groups is 1. The highest BCUT2D eigenvalue weighted by Gasteiger charge is 2.35. The van der Waals surface area contributed by atoms with E-state index < -0.39 is 18.6 Å². The van der Waals surface area contributed by atoms with Crippen LogP contribution in [0.3, 0.4) is 0 Å². The highest BCUT2D eigenvalue weighted by molar-refractivity contribution is 5.78. The second-order valence-corrected chi connectivity index (χ2v) is 5.18. The minimum absolute atomic E-state index is 0.00306. The SMILES string of the molecule is CCC(CC)N(CC(F)(F)F)C(=O)CNCC1CC1. The van der Waals surface area contributed by atoms with Gasteiger partial charge in [0.15, 0.2) is 0 Å². The Morgan fingerprint density at radius 1 is 1.32 bits per heavy atom. The van der Waals surface area contributed by atoms with Crippen molar-refractivity contribution in [3.8, 4) is 0 Å². The molecule has 0 aromatic heterocycles. The van der Waals surface area contributed by atoms with Gasteiger partial charge in [0.1, 0.15) is 6.54 Å². The van der Waals surface area contributed by atoms with Crippen molar-refractivity contribution in [2.75, 3.05) is 19.6 Å². The van der Waals surface area contributed by atoms with Crippen LogP contribution in [0.15, 0.2) is 0 Å². The number of alkyl halides is 3. The number of hydrogen-bond donors (Lipinski definition) is 1. The van der Waals surface area contributed by atoms with Crippen molar-refractivity contribution in [1.29, 1.82) is 0 Å². The lowest BCUT2D eigenvalue weighted by Gasteiger charge is -2.31. The fourth-order valence-electron chi connectivity index (χ4n) is 2.15. The van der Waals surface area contributed by atoms with E-state index >= 15 is 0 Å². The monoisotopic (exact) mass is 280 g/mol. The van der Waals surface area contributed by atoms with Gasteiger partial charge in [-0.1, -0.05) is 13.8 Å². The molecule has 0 heterocycles. The molecule has 0 radical (unpaired) electrons. The number of nitrogens with zero attached hydrogens (tertiary/aromatic N) is 1. The van der Waals surface area contributed by atoms with Crippen LogP contribution in [0.25, 0.3) is 0 Å². The van der Waals surface area contributed by atoms with Crippen LogP contribution in [0, 0.1) is 5.92 Å². The van der Waals surface area contributed by atoms with Crippen molar-refractivity contribution in [3.63, 3.8) is 0 Å². The van der Waals surface area contributed by atoms with E-state index in [2.05, 4.69) is 5.32 Å². The van der Waals surface area contributed by atoms with E-state index in [0.717, 1.165) is 24.3 Å². The highest BCUT2D eigenvalue weighted by atomic mass is 19.4. The summed E-state index contributed by atoms with van der Waals surface area (Å²) < 4.78 is 37.6. The van der Waals surface area contributed by atoms with E-state index in [1.54, 1.807) is 0 Å². The highest BCUT2D eigenvalue weighted by Crippen LogP contribution is 2.27. The normalized spacial score (nSPS) is 15.9. The zero-order chi connectivity index (χ0) is 14.5. The van der Waals surface area contributed by atoms with Crippen LogP contribution in [0.5, 0.6) is 0 Å². The van der Waals surface area contributed by atoms with Crippen LogP contribution in [-0.4, -0.2) is 42.7 Å².